The number of aliphatic hydroxyl groups excluding tert-OH is 1. The second-order valence-corrected chi connectivity index (χ2v) is 4.16. The Morgan fingerprint density at radius 3 is 2.69 bits per heavy atom. The lowest BCUT2D eigenvalue weighted by Gasteiger charge is -2.22. The van der Waals surface area contributed by atoms with Crippen LogP contribution in [0, 0.1) is 0 Å². The molecule has 1 rings (SSSR count). The fourth-order valence-electron chi connectivity index (χ4n) is 1.99. The van der Waals surface area contributed by atoms with Crippen LogP contribution in [0.25, 0.3) is 0 Å². The molecule has 0 fully saturated rings. The molecule has 2 amide bonds. The number of aliphatic hydroxyl groups is 1. The van der Waals surface area contributed by atoms with Gasteiger partial charge in [-0.05, 0) is 6.42 Å². The van der Waals surface area contributed by atoms with Crippen LogP contribution in [0.3, 0.4) is 0 Å². The Labute approximate surface area is 95.9 Å². The normalized spacial score (nSPS) is 20.1. The van der Waals surface area contributed by atoms with Crippen molar-refractivity contribution in [2.24, 2.45) is 0 Å². The maximum atomic E-state index is 11.4. The third kappa shape index (κ3) is 2.84. The second-order valence-electron chi connectivity index (χ2n) is 4.16. The Morgan fingerprint density at radius 2 is 2.12 bits per heavy atom. The number of rotatable bonds is 5. The van der Waals surface area contributed by atoms with Gasteiger partial charge in [0.2, 0.25) is 5.91 Å². The zero-order valence-corrected chi connectivity index (χ0v) is 9.90. The van der Waals surface area contributed by atoms with Gasteiger partial charge in [-0.25, -0.2) is 0 Å². The van der Waals surface area contributed by atoms with Gasteiger partial charge in [-0.2, -0.15) is 0 Å². The van der Waals surface area contributed by atoms with E-state index < -0.39 is 11.9 Å². The van der Waals surface area contributed by atoms with Gasteiger partial charge in [-0.15, -0.1) is 0 Å². The number of carbonyl (C=O) groups excluding carboxylic acids is 2. The van der Waals surface area contributed by atoms with Crippen LogP contribution in [0.15, 0.2) is 11.8 Å². The van der Waals surface area contributed by atoms with Crippen molar-refractivity contribution in [3.8, 4) is 0 Å². The molecule has 0 spiro atoms. The fraction of sp³-hybridized carbons (Fsp3) is 0.667. The molecule has 0 saturated carbocycles. The zero-order valence-electron chi connectivity index (χ0n) is 9.90. The summed E-state index contributed by atoms with van der Waals surface area (Å²) in [5, 5.41) is 9.58. The van der Waals surface area contributed by atoms with Crippen molar-refractivity contribution in [2.75, 3.05) is 0 Å². The molecule has 0 aromatic rings. The van der Waals surface area contributed by atoms with Crippen molar-refractivity contribution >= 4 is 11.8 Å². The van der Waals surface area contributed by atoms with Crippen molar-refractivity contribution in [1.29, 1.82) is 0 Å². The summed E-state index contributed by atoms with van der Waals surface area (Å²) in [7, 11) is 0. The van der Waals surface area contributed by atoms with E-state index in [-0.39, 0.29) is 11.7 Å². The van der Waals surface area contributed by atoms with Crippen LogP contribution in [-0.2, 0) is 9.59 Å². The molecule has 1 atom stereocenters. The molecule has 4 nitrogen and oxygen atoms in total. The summed E-state index contributed by atoms with van der Waals surface area (Å²) < 4.78 is 0. The first kappa shape index (κ1) is 12.7. The monoisotopic (exact) mass is 225 g/mol. The van der Waals surface area contributed by atoms with Crippen molar-refractivity contribution in [3.05, 3.63) is 11.8 Å². The van der Waals surface area contributed by atoms with Crippen LogP contribution in [0.4, 0.5) is 0 Å². The highest BCUT2D eigenvalue weighted by Crippen LogP contribution is 2.23. The molecule has 1 aliphatic heterocycles. The molecule has 1 aliphatic rings. The summed E-state index contributed by atoms with van der Waals surface area (Å²) in [4.78, 5) is 23.8. The van der Waals surface area contributed by atoms with E-state index in [0.29, 0.717) is 6.42 Å². The molecule has 0 aliphatic carbocycles. The van der Waals surface area contributed by atoms with Gasteiger partial charge in [0.25, 0.3) is 5.91 Å². The third-order valence-corrected chi connectivity index (χ3v) is 2.83. The van der Waals surface area contributed by atoms with E-state index in [2.05, 4.69) is 6.92 Å². The number of carbonyl (C=O) groups is 2. The van der Waals surface area contributed by atoms with Gasteiger partial charge in [-0.3, -0.25) is 14.5 Å². The Kier molecular flexibility index (Phi) is 4.52. The van der Waals surface area contributed by atoms with Gasteiger partial charge in [-0.1, -0.05) is 32.6 Å². The molecule has 1 heterocycles. The van der Waals surface area contributed by atoms with Crippen molar-refractivity contribution in [1.82, 2.24) is 4.90 Å². The minimum atomic E-state index is -0.429. The molecular formula is C12H19NO3. The number of imide groups is 1. The molecule has 0 saturated heterocycles. The van der Waals surface area contributed by atoms with Crippen LogP contribution < -0.4 is 0 Å². The molecule has 1 N–H and O–H groups in total. The van der Waals surface area contributed by atoms with Crippen LogP contribution in [0.2, 0.25) is 0 Å². The minimum Gasteiger partial charge on any atom is -0.510 e. The summed E-state index contributed by atoms with van der Waals surface area (Å²) >= 11 is 0. The predicted molar refractivity (Wildman–Crippen MR) is 60.8 cm³/mol. The number of nitrogens with zero attached hydrogens (tertiary/aromatic N) is 1. The van der Waals surface area contributed by atoms with E-state index in [1.807, 2.05) is 0 Å². The maximum absolute atomic E-state index is 11.4. The highest BCUT2D eigenvalue weighted by Gasteiger charge is 2.34. The molecule has 0 aromatic heterocycles. The van der Waals surface area contributed by atoms with E-state index >= 15 is 0 Å². The fourth-order valence-corrected chi connectivity index (χ4v) is 1.99. The first-order chi connectivity index (χ1) is 7.57. The SMILES string of the molecule is CCCCCCC1C(O)=CC(=O)N1C(C)=O. The predicted octanol–water partition coefficient (Wildman–Crippen LogP) is 2.16. The van der Waals surface area contributed by atoms with Crippen molar-refractivity contribution in [2.45, 2.75) is 52.0 Å². The van der Waals surface area contributed by atoms with Crippen molar-refractivity contribution in [3.63, 3.8) is 0 Å². The van der Waals surface area contributed by atoms with Gasteiger partial charge in [0.1, 0.15) is 5.76 Å². The summed E-state index contributed by atoms with van der Waals surface area (Å²) in [5.74, 6) is -0.673. The van der Waals surface area contributed by atoms with E-state index in [0.717, 1.165) is 36.7 Å². The molecule has 4 heteroatoms. The maximum Gasteiger partial charge on any atom is 0.257 e. The average Bonchev–Trinajstić information content (AvgIpc) is 2.48. The third-order valence-electron chi connectivity index (χ3n) is 2.83. The smallest absolute Gasteiger partial charge is 0.257 e. The molecule has 0 radical (unpaired) electrons. The average molecular weight is 225 g/mol. The first-order valence-electron chi connectivity index (χ1n) is 5.82. The number of unbranched alkanes of at least 4 members (excludes halogenated alkanes) is 3. The second kappa shape index (κ2) is 5.68. The summed E-state index contributed by atoms with van der Waals surface area (Å²) in [6.45, 7) is 3.47. The molecule has 1 unspecified atom stereocenters. The van der Waals surface area contributed by atoms with Crippen LogP contribution in [-0.4, -0.2) is 27.9 Å². The van der Waals surface area contributed by atoms with Crippen LogP contribution in [0.1, 0.15) is 46.0 Å². The minimum absolute atomic E-state index is 0.0247. The standard InChI is InChI=1S/C12H19NO3/c1-3-4-5-6-7-10-11(15)8-12(16)13(10)9(2)14/h8,10,15H,3-7H2,1-2H3. The van der Waals surface area contributed by atoms with E-state index in [1.165, 1.54) is 6.92 Å². The Hall–Kier alpha value is -1.32. The summed E-state index contributed by atoms with van der Waals surface area (Å²) in [6.07, 6.45) is 6.08. The topological polar surface area (TPSA) is 57.6 Å². The summed E-state index contributed by atoms with van der Waals surface area (Å²) in [5.41, 5.74) is 0. The van der Waals surface area contributed by atoms with Crippen molar-refractivity contribution < 1.29 is 14.7 Å². The molecule has 90 valence electrons. The molecule has 16 heavy (non-hydrogen) atoms. The van der Waals surface area contributed by atoms with Gasteiger partial charge in [0.15, 0.2) is 0 Å². The van der Waals surface area contributed by atoms with Crippen LogP contribution >= 0.6 is 0 Å². The Balaban J connectivity index is 2.52. The molecular weight excluding hydrogens is 206 g/mol. The molecule has 0 bridgehead atoms. The number of amides is 2. The zero-order chi connectivity index (χ0) is 12.1. The molecule has 0 aromatic carbocycles. The van der Waals surface area contributed by atoms with Crippen LogP contribution in [0.5, 0.6) is 0 Å². The van der Waals surface area contributed by atoms with E-state index in [4.69, 9.17) is 0 Å². The Bertz CT molecular complexity index is 309. The van der Waals surface area contributed by atoms with Gasteiger partial charge >= 0.3 is 0 Å². The van der Waals surface area contributed by atoms with E-state index in [9.17, 15) is 14.7 Å². The lowest BCUT2D eigenvalue weighted by Crippen LogP contribution is -2.39. The highest BCUT2D eigenvalue weighted by molar-refractivity contribution is 6.03. The largest absolute Gasteiger partial charge is 0.510 e. The first-order valence-corrected chi connectivity index (χ1v) is 5.82. The van der Waals surface area contributed by atoms with Gasteiger partial charge in [0.05, 0.1) is 6.04 Å². The Morgan fingerprint density at radius 1 is 1.44 bits per heavy atom. The van der Waals surface area contributed by atoms with E-state index in [1.54, 1.807) is 0 Å². The summed E-state index contributed by atoms with van der Waals surface area (Å²) in [6, 6.07) is -0.429. The number of hydrogen-bond acceptors (Lipinski definition) is 3. The highest BCUT2D eigenvalue weighted by atomic mass is 16.3. The lowest BCUT2D eigenvalue weighted by molar-refractivity contribution is -0.141. The quantitative estimate of drug-likeness (QED) is 0.729. The van der Waals surface area contributed by atoms with Gasteiger partial charge < -0.3 is 5.11 Å². The number of hydrogen-bond donors (Lipinski definition) is 1. The lowest BCUT2D eigenvalue weighted by atomic mass is 10.1. The van der Waals surface area contributed by atoms with Gasteiger partial charge in [0, 0.05) is 13.0 Å².